The number of rotatable bonds is 5. The summed E-state index contributed by atoms with van der Waals surface area (Å²) in [7, 11) is 0. The minimum Gasteiger partial charge on any atom is -0.392 e. The lowest BCUT2D eigenvalue weighted by molar-refractivity contribution is 0.0188. The summed E-state index contributed by atoms with van der Waals surface area (Å²) in [6.07, 6.45) is 2.26. The van der Waals surface area contributed by atoms with E-state index in [1.165, 1.54) is 5.56 Å². The molecule has 1 aromatic rings. The average Bonchev–Trinajstić information content (AvgIpc) is 2.46. The van der Waals surface area contributed by atoms with Crippen LogP contribution in [0, 0.1) is 0 Å². The molecule has 0 spiro atoms. The molecular formula is C16H25NO2. The summed E-state index contributed by atoms with van der Waals surface area (Å²) in [5, 5.41) is 9.08. The Hall–Kier alpha value is -0.900. The molecule has 0 saturated carbocycles. The van der Waals surface area contributed by atoms with Gasteiger partial charge >= 0.3 is 0 Å². The third-order valence-corrected chi connectivity index (χ3v) is 3.89. The maximum atomic E-state index is 9.08. The van der Waals surface area contributed by atoms with E-state index >= 15 is 0 Å². The molecule has 0 aromatic heterocycles. The Balaban J connectivity index is 2.02. The SMILES string of the molecule is CC(C)N(Cc1ccc(CO)cc1)C1CCOCC1. The van der Waals surface area contributed by atoms with Crippen LogP contribution in [-0.2, 0) is 17.9 Å². The van der Waals surface area contributed by atoms with Crippen LogP contribution in [0.25, 0.3) is 0 Å². The van der Waals surface area contributed by atoms with Gasteiger partial charge in [0, 0.05) is 31.8 Å². The molecule has 0 unspecified atom stereocenters. The highest BCUT2D eigenvalue weighted by molar-refractivity contribution is 5.22. The average molecular weight is 263 g/mol. The van der Waals surface area contributed by atoms with Crippen molar-refractivity contribution in [3.63, 3.8) is 0 Å². The van der Waals surface area contributed by atoms with E-state index in [0.29, 0.717) is 12.1 Å². The van der Waals surface area contributed by atoms with Gasteiger partial charge in [-0.3, -0.25) is 4.90 Å². The standard InChI is InChI=1S/C16H25NO2/c1-13(2)17(16-7-9-19-10-8-16)11-14-3-5-15(12-18)6-4-14/h3-6,13,16,18H,7-12H2,1-2H3. The van der Waals surface area contributed by atoms with Crippen LogP contribution >= 0.6 is 0 Å². The molecule has 1 saturated heterocycles. The number of aliphatic hydroxyl groups excluding tert-OH is 1. The van der Waals surface area contributed by atoms with Gasteiger partial charge in [0.15, 0.2) is 0 Å². The summed E-state index contributed by atoms with van der Waals surface area (Å²) >= 11 is 0. The predicted octanol–water partition coefficient (Wildman–Crippen LogP) is 2.57. The topological polar surface area (TPSA) is 32.7 Å². The first-order valence-corrected chi connectivity index (χ1v) is 7.23. The van der Waals surface area contributed by atoms with E-state index in [2.05, 4.69) is 30.9 Å². The Labute approximate surface area is 116 Å². The minimum absolute atomic E-state index is 0.119. The zero-order chi connectivity index (χ0) is 13.7. The first-order valence-electron chi connectivity index (χ1n) is 7.23. The molecule has 1 heterocycles. The van der Waals surface area contributed by atoms with Crippen molar-refractivity contribution in [3.05, 3.63) is 35.4 Å². The fraction of sp³-hybridized carbons (Fsp3) is 0.625. The zero-order valence-corrected chi connectivity index (χ0v) is 12.0. The fourth-order valence-electron chi connectivity index (χ4n) is 2.71. The van der Waals surface area contributed by atoms with Crippen LogP contribution in [0.2, 0.25) is 0 Å². The van der Waals surface area contributed by atoms with Crippen molar-refractivity contribution < 1.29 is 9.84 Å². The van der Waals surface area contributed by atoms with Crippen molar-refractivity contribution in [2.75, 3.05) is 13.2 Å². The molecule has 0 radical (unpaired) electrons. The van der Waals surface area contributed by atoms with Crippen molar-refractivity contribution >= 4 is 0 Å². The van der Waals surface area contributed by atoms with Gasteiger partial charge in [0.1, 0.15) is 0 Å². The second kappa shape index (κ2) is 7.04. The first-order chi connectivity index (χ1) is 9.20. The quantitative estimate of drug-likeness (QED) is 0.886. The van der Waals surface area contributed by atoms with Gasteiger partial charge in [-0.2, -0.15) is 0 Å². The number of hydrogen-bond donors (Lipinski definition) is 1. The fourth-order valence-corrected chi connectivity index (χ4v) is 2.71. The van der Waals surface area contributed by atoms with Crippen LogP contribution in [0.5, 0.6) is 0 Å². The van der Waals surface area contributed by atoms with E-state index in [1.807, 2.05) is 12.1 Å². The van der Waals surface area contributed by atoms with E-state index in [4.69, 9.17) is 9.84 Å². The van der Waals surface area contributed by atoms with Crippen molar-refractivity contribution in [3.8, 4) is 0 Å². The Morgan fingerprint density at radius 2 is 1.74 bits per heavy atom. The second-order valence-corrected chi connectivity index (χ2v) is 5.58. The minimum atomic E-state index is 0.119. The summed E-state index contributed by atoms with van der Waals surface area (Å²) < 4.78 is 5.46. The molecule has 0 bridgehead atoms. The number of benzene rings is 1. The number of hydrogen-bond acceptors (Lipinski definition) is 3. The predicted molar refractivity (Wildman–Crippen MR) is 76.9 cm³/mol. The van der Waals surface area contributed by atoms with E-state index in [1.54, 1.807) is 0 Å². The molecule has 3 nitrogen and oxygen atoms in total. The van der Waals surface area contributed by atoms with Gasteiger partial charge in [-0.25, -0.2) is 0 Å². The smallest absolute Gasteiger partial charge is 0.0681 e. The molecule has 1 aliphatic rings. The molecule has 19 heavy (non-hydrogen) atoms. The maximum absolute atomic E-state index is 9.08. The molecule has 1 fully saturated rings. The highest BCUT2D eigenvalue weighted by Gasteiger charge is 2.23. The Morgan fingerprint density at radius 1 is 1.16 bits per heavy atom. The van der Waals surface area contributed by atoms with Crippen LogP contribution < -0.4 is 0 Å². The first kappa shape index (κ1) is 14.5. The van der Waals surface area contributed by atoms with Gasteiger partial charge in [0.25, 0.3) is 0 Å². The number of aliphatic hydroxyl groups is 1. The van der Waals surface area contributed by atoms with E-state index in [9.17, 15) is 0 Å². The normalized spacial score (nSPS) is 17.3. The van der Waals surface area contributed by atoms with Gasteiger partial charge in [-0.15, -0.1) is 0 Å². The molecule has 2 rings (SSSR count). The lowest BCUT2D eigenvalue weighted by Gasteiger charge is -2.37. The Kier molecular flexibility index (Phi) is 5.37. The molecule has 0 atom stereocenters. The van der Waals surface area contributed by atoms with Gasteiger partial charge in [0.05, 0.1) is 6.61 Å². The number of ether oxygens (including phenoxy) is 1. The molecule has 1 aromatic carbocycles. The molecule has 3 heteroatoms. The highest BCUT2D eigenvalue weighted by atomic mass is 16.5. The monoisotopic (exact) mass is 263 g/mol. The highest BCUT2D eigenvalue weighted by Crippen LogP contribution is 2.20. The Bertz CT molecular complexity index is 369. The molecule has 1 N–H and O–H groups in total. The van der Waals surface area contributed by atoms with Crippen LogP contribution in [-0.4, -0.2) is 35.3 Å². The molecule has 0 aliphatic carbocycles. The van der Waals surface area contributed by atoms with Crippen molar-refractivity contribution in [1.29, 1.82) is 0 Å². The van der Waals surface area contributed by atoms with Gasteiger partial charge in [-0.05, 0) is 37.8 Å². The molecule has 0 amide bonds. The maximum Gasteiger partial charge on any atom is 0.0681 e. The van der Waals surface area contributed by atoms with Gasteiger partial charge in [0.2, 0.25) is 0 Å². The van der Waals surface area contributed by atoms with Crippen molar-refractivity contribution in [2.24, 2.45) is 0 Å². The summed E-state index contributed by atoms with van der Waals surface area (Å²) in [6.45, 7) is 7.39. The van der Waals surface area contributed by atoms with Gasteiger partial charge in [-0.1, -0.05) is 24.3 Å². The summed E-state index contributed by atoms with van der Waals surface area (Å²) in [6, 6.07) is 9.45. The lowest BCUT2D eigenvalue weighted by atomic mass is 10.0. The summed E-state index contributed by atoms with van der Waals surface area (Å²) in [5.74, 6) is 0. The van der Waals surface area contributed by atoms with Crippen LogP contribution in [0.3, 0.4) is 0 Å². The molecular weight excluding hydrogens is 238 g/mol. The largest absolute Gasteiger partial charge is 0.392 e. The summed E-state index contributed by atoms with van der Waals surface area (Å²) in [4.78, 5) is 2.57. The second-order valence-electron chi connectivity index (χ2n) is 5.58. The van der Waals surface area contributed by atoms with Crippen LogP contribution in [0.4, 0.5) is 0 Å². The zero-order valence-electron chi connectivity index (χ0n) is 12.0. The van der Waals surface area contributed by atoms with E-state index < -0.39 is 0 Å². The van der Waals surface area contributed by atoms with Crippen LogP contribution in [0.15, 0.2) is 24.3 Å². The third kappa shape index (κ3) is 4.03. The van der Waals surface area contributed by atoms with E-state index in [-0.39, 0.29) is 6.61 Å². The van der Waals surface area contributed by atoms with Crippen molar-refractivity contribution in [2.45, 2.75) is 51.9 Å². The lowest BCUT2D eigenvalue weighted by Crippen LogP contribution is -2.43. The third-order valence-electron chi connectivity index (χ3n) is 3.89. The van der Waals surface area contributed by atoms with Crippen LogP contribution in [0.1, 0.15) is 37.8 Å². The van der Waals surface area contributed by atoms with Gasteiger partial charge < -0.3 is 9.84 Å². The van der Waals surface area contributed by atoms with Crippen molar-refractivity contribution in [1.82, 2.24) is 4.90 Å². The Morgan fingerprint density at radius 3 is 2.26 bits per heavy atom. The number of nitrogens with zero attached hydrogens (tertiary/aromatic N) is 1. The van der Waals surface area contributed by atoms with E-state index in [0.717, 1.165) is 38.2 Å². The molecule has 106 valence electrons. The molecule has 1 aliphatic heterocycles. The summed E-state index contributed by atoms with van der Waals surface area (Å²) in [5.41, 5.74) is 2.29.